The van der Waals surface area contributed by atoms with Crippen LogP contribution in [0.5, 0.6) is 0 Å². The van der Waals surface area contributed by atoms with Gasteiger partial charge in [0, 0.05) is 12.6 Å². The van der Waals surface area contributed by atoms with E-state index in [9.17, 15) is 13.2 Å². The normalized spacial score (nSPS) is 11.5. The summed E-state index contributed by atoms with van der Waals surface area (Å²) < 4.78 is 31.3. The Morgan fingerprint density at radius 1 is 1.21 bits per heavy atom. The van der Waals surface area contributed by atoms with E-state index in [0.29, 0.717) is 16.5 Å². The maximum Gasteiger partial charge on any atom is 0.296 e. The van der Waals surface area contributed by atoms with E-state index in [-0.39, 0.29) is 16.5 Å². The number of fused-ring (bicyclic) bond motifs is 1. The summed E-state index contributed by atoms with van der Waals surface area (Å²) in [5.41, 5.74) is 6.13. The number of nitrogens with one attached hydrogen (secondary N) is 1. The Labute approximate surface area is 110 Å². The summed E-state index contributed by atoms with van der Waals surface area (Å²) in [6, 6.07) is 7.66. The van der Waals surface area contributed by atoms with Crippen LogP contribution < -0.4 is 11.1 Å². The molecule has 0 unspecified atom stereocenters. The molecule has 1 amide bonds. The number of amides is 1. The number of rotatable bonds is 2. The first-order chi connectivity index (χ1) is 8.77. The molecule has 0 saturated heterocycles. The quantitative estimate of drug-likeness (QED) is 0.572. The van der Waals surface area contributed by atoms with Crippen molar-refractivity contribution < 1.29 is 17.8 Å². The van der Waals surface area contributed by atoms with Gasteiger partial charge in [0.2, 0.25) is 5.91 Å². The van der Waals surface area contributed by atoms with Crippen molar-refractivity contribution in [3.63, 3.8) is 0 Å². The Kier molecular flexibility index (Phi) is 3.17. The van der Waals surface area contributed by atoms with Crippen molar-refractivity contribution in [2.75, 3.05) is 11.1 Å². The Morgan fingerprint density at radius 3 is 2.47 bits per heavy atom. The third-order valence-corrected chi connectivity index (χ3v) is 3.48. The summed E-state index contributed by atoms with van der Waals surface area (Å²) in [6.45, 7) is 1.39. The van der Waals surface area contributed by atoms with Crippen LogP contribution in [-0.4, -0.2) is 18.9 Å². The van der Waals surface area contributed by atoms with Gasteiger partial charge in [-0.15, -0.1) is 0 Å². The monoisotopic (exact) mass is 280 g/mol. The minimum atomic E-state index is -4.35. The van der Waals surface area contributed by atoms with E-state index in [0.717, 1.165) is 0 Å². The highest BCUT2D eigenvalue weighted by molar-refractivity contribution is 7.86. The van der Waals surface area contributed by atoms with Gasteiger partial charge in [-0.25, -0.2) is 0 Å². The van der Waals surface area contributed by atoms with Crippen LogP contribution in [0.25, 0.3) is 10.8 Å². The Bertz CT molecular complexity index is 769. The van der Waals surface area contributed by atoms with E-state index in [4.69, 9.17) is 10.3 Å². The van der Waals surface area contributed by atoms with Crippen molar-refractivity contribution in [1.29, 1.82) is 0 Å². The summed E-state index contributed by atoms with van der Waals surface area (Å²) in [5, 5.41) is 3.87. The van der Waals surface area contributed by atoms with Crippen molar-refractivity contribution in [2.24, 2.45) is 0 Å². The van der Waals surface area contributed by atoms with Gasteiger partial charge < -0.3 is 11.1 Å². The molecule has 0 heterocycles. The fourth-order valence-electron chi connectivity index (χ4n) is 1.80. The number of benzene rings is 2. The van der Waals surface area contributed by atoms with E-state index in [2.05, 4.69) is 5.32 Å². The zero-order valence-electron chi connectivity index (χ0n) is 10.0. The molecule has 0 aliphatic carbocycles. The third-order valence-electron chi connectivity index (χ3n) is 2.57. The zero-order chi connectivity index (χ0) is 14.2. The van der Waals surface area contributed by atoms with Crippen LogP contribution >= 0.6 is 0 Å². The maximum absolute atomic E-state index is 11.1. The minimum Gasteiger partial charge on any atom is -0.398 e. The van der Waals surface area contributed by atoms with Gasteiger partial charge in [0.15, 0.2) is 0 Å². The first kappa shape index (κ1) is 13.3. The lowest BCUT2D eigenvalue weighted by molar-refractivity contribution is -0.114. The predicted octanol–water partition coefficient (Wildman–Crippen LogP) is 1.63. The molecule has 4 N–H and O–H groups in total. The maximum atomic E-state index is 11.1. The summed E-state index contributed by atoms with van der Waals surface area (Å²) in [4.78, 5) is 10.6. The lowest BCUT2D eigenvalue weighted by Gasteiger charge is -2.07. The second-order valence-electron chi connectivity index (χ2n) is 4.11. The van der Waals surface area contributed by atoms with Crippen molar-refractivity contribution in [2.45, 2.75) is 11.8 Å². The third kappa shape index (κ3) is 2.83. The first-order valence-electron chi connectivity index (χ1n) is 5.36. The number of carbonyl (C=O) groups excluding carboxylic acids is 1. The molecule has 2 aromatic rings. The zero-order valence-corrected chi connectivity index (χ0v) is 10.9. The van der Waals surface area contributed by atoms with E-state index >= 15 is 0 Å². The topological polar surface area (TPSA) is 109 Å². The van der Waals surface area contributed by atoms with Gasteiger partial charge in [0.1, 0.15) is 4.90 Å². The Balaban J connectivity index is 2.61. The van der Waals surface area contributed by atoms with Crippen molar-refractivity contribution in [3.05, 3.63) is 30.3 Å². The smallest absolute Gasteiger partial charge is 0.296 e. The molecule has 0 aliphatic heterocycles. The van der Waals surface area contributed by atoms with Gasteiger partial charge in [-0.1, -0.05) is 6.07 Å². The summed E-state index contributed by atoms with van der Waals surface area (Å²) in [5.74, 6) is -0.207. The molecular formula is C12H12N2O4S. The molecule has 0 atom stereocenters. The largest absolute Gasteiger partial charge is 0.398 e. The molecule has 19 heavy (non-hydrogen) atoms. The molecule has 0 radical (unpaired) electrons. The lowest BCUT2D eigenvalue weighted by Crippen LogP contribution is -2.06. The molecule has 0 saturated carbocycles. The van der Waals surface area contributed by atoms with E-state index in [1.54, 1.807) is 18.2 Å². The average molecular weight is 280 g/mol. The molecule has 2 rings (SSSR count). The molecule has 2 aromatic carbocycles. The predicted molar refractivity (Wildman–Crippen MR) is 72.5 cm³/mol. The number of carbonyl (C=O) groups is 1. The van der Waals surface area contributed by atoms with Gasteiger partial charge in [0.25, 0.3) is 10.1 Å². The van der Waals surface area contributed by atoms with Crippen LogP contribution in [0.1, 0.15) is 6.92 Å². The number of nitrogen functional groups attached to an aromatic ring is 1. The van der Waals surface area contributed by atoms with Crippen molar-refractivity contribution in [3.8, 4) is 0 Å². The van der Waals surface area contributed by atoms with Gasteiger partial charge in [0.05, 0.1) is 5.69 Å². The highest BCUT2D eigenvalue weighted by Crippen LogP contribution is 2.27. The van der Waals surface area contributed by atoms with Crippen LogP contribution in [0, 0.1) is 0 Å². The molecule has 7 heteroatoms. The molecule has 6 nitrogen and oxygen atoms in total. The molecule has 0 fully saturated rings. The molecule has 0 bridgehead atoms. The lowest BCUT2D eigenvalue weighted by atomic mass is 10.1. The highest BCUT2D eigenvalue weighted by atomic mass is 32.2. The Hall–Kier alpha value is -2.12. The number of nitrogens with two attached hydrogens (primary N) is 1. The molecule has 0 aromatic heterocycles. The van der Waals surface area contributed by atoms with Crippen LogP contribution in [0.3, 0.4) is 0 Å². The van der Waals surface area contributed by atoms with Gasteiger partial charge >= 0.3 is 0 Å². The second kappa shape index (κ2) is 4.52. The fourth-order valence-corrected chi connectivity index (χ4v) is 2.43. The highest BCUT2D eigenvalue weighted by Gasteiger charge is 2.14. The van der Waals surface area contributed by atoms with Crippen molar-refractivity contribution >= 4 is 38.2 Å². The summed E-state index contributed by atoms with van der Waals surface area (Å²) >= 11 is 0. The van der Waals surface area contributed by atoms with Gasteiger partial charge in [-0.2, -0.15) is 8.42 Å². The van der Waals surface area contributed by atoms with E-state index in [1.165, 1.54) is 19.1 Å². The van der Waals surface area contributed by atoms with Crippen LogP contribution in [0.15, 0.2) is 35.2 Å². The second-order valence-corrected chi connectivity index (χ2v) is 5.50. The molecule has 0 aliphatic rings. The SMILES string of the molecule is CC(=O)Nc1ccc2cc(S(=O)(=O)O)c(N)cc2c1. The minimum absolute atomic E-state index is 0.0463. The molecule has 100 valence electrons. The molecular weight excluding hydrogens is 268 g/mol. The Morgan fingerprint density at radius 2 is 1.89 bits per heavy atom. The number of hydrogen-bond donors (Lipinski definition) is 3. The van der Waals surface area contributed by atoms with E-state index in [1.807, 2.05) is 0 Å². The number of hydrogen-bond acceptors (Lipinski definition) is 4. The summed E-state index contributed by atoms with van der Waals surface area (Å²) in [7, 11) is -4.35. The van der Waals surface area contributed by atoms with Crippen LogP contribution in [0.4, 0.5) is 11.4 Å². The summed E-state index contributed by atoms with van der Waals surface area (Å²) in [6.07, 6.45) is 0. The van der Waals surface area contributed by atoms with Crippen LogP contribution in [-0.2, 0) is 14.9 Å². The van der Waals surface area contributed by atoms with Gasteiger partial charge in [-0.3, -0.25) is 9.35 Å². The fraction of sp³-hybridized carbons (Fsp3) is 0.0833. The molecule has 0 spiro atoms. The van der Waals surface area contributed by atoms with Crippen molar-refractivity contribution in [1.82, 2.24) is 0 Å². The van der Waals surface area contributed by atoms with E-state index < -0.39 is 10.1 Å². The number of anilines is 2. The van der Waals surface area contributed by atoms with Crippen LogP contribution in [0.2, 0.25) is 0 Å². The average Bonchev–Trinajstić information content (AvgIpc) is 2.25. The van der Waals surface area contributed by atoms with Gasteiger partial charge in [-0.05, 0) is 35.0 Å². The standard InChI is InChI=1S/C12H12N2O4S/c1-7(15)14-10-3-2-8-6-12(19(16,17)18)11(13)5-9(8)4-10/h2-6H,13H2,1H3,(H,14,15)(H,16,17,18). The first-order valence-corrected chi connectivity index (χ1v) is 6.80.